The van der Waals surface area contributed by atoms with E-state index in [9.17, 15) is 9.90 Å². The SMILES string of the molecule is COc1ccc2[nH]cc(CCNC(=O)C3=CC(c4ccsc4)CC(OCc4ccc(CO)cc4)O3)c2c1. The lowest BCUT2D eigenvalue weighted by molar-refractivity contribution is -0.150. The zero-order chi connectivity index (χ0) is 25.6. The zero-order valence-electron chi connectivity index (χ0n) is 20.6. The van der Waals surface area contributed by atoms with E-state index in [4.69, 9.17) is 14.2 Å². The number of hydrogen-bond donors (Lipinski definition) is 3. The van der Waals surface area contributed by atoms with Crippen LogP contribution in [0.5, 0.6) is 5.75 Å². The fraction of sp³-hybridized carbons (Fsp3) is 0.276. The van der Waals surface area contributed by atoms with Crippen LogP contribution in [0.2, 0.25) is 0 Å². The van der Waals surface area contributed by atoms with Gasteiger partial charge in [-0.1, -0.05) is 24.3 Å². The number of benzene rings is 2. The van der Waals surface area contributed by atoms with E-state index in [2.05, 4.69) is 21.7 Å². The molecule has 2 atom stereocenters. The molecule has 0 spiro atoms. The molecular weight excluding hydrogens is 488 g/mol. The Morgan fingerprint density at radius 2 is 2.03 bits per heavy atom. The van der Waals surface area contributed by atoms with Crippen LogP contribution in [0.25, 0.3) is 10.9 Å². The van der Waals surface area contributed by atoms with Gasteiger partial charge >= 0.3 is 0 Å². The van der Waals surface area contributed by atoms with Gasteiger partial charge in [0, 0.05) is 36.0 Å². The monoisotopic (exact) mass is 518 g/mol. The average Bonchev–Trinajstić information content (AvgIpc) is 3.62. The summed E-state index contributed by atoms with van der Waals surface area (Å²) in [4.78, 5) is 16.4. The second-order valence-corrected chi connectivity index (χ2v) is 9.77. The van der Waals surface area contributed by atoms with Crippen molar-refractivity contribution < 1.29 is 24.1 Å². The highest BCUT2D eigenvalue weighted by Crippen LogP contribution is 2.33. The summed E-state index contributed by atoms with van der Waals surface area (Å²) in [6.45, 7) is 0.828. The van der Waals surface area contributed by atoms with E-state index in [1.165, 1.54) is 0 Å². The molecule has 2 aromatic carbocycles. The minimum Gasteiger partial charge on any atom is -0.497 e. The third kappa shape index (κ3) is 6.05. The van der Waals surface area contributed by atoms with Gasteiger partial charge in [-0.15, -0.1) is 0 Å². The van der Waals surface area contributed by atoms with E-state index >= 15 is 0 Å². The van der Waals surface area contributed by atoms with Crippen LogP contribution in [-0.2, 0) is 33.9 Å². The maximum absolute atomic E-state index is 13.1. The van der Waals surface area contributed by atoms with Crippen molar-refractivity contribution in [3.8, 4) is 5.75 Å². The molecule has 0 fully saturated rings. The molecule has 0 radical (unpaired) electrons. The molecule has 0 saturated carbocycles. The zero-order valence-corrected chi connectivity index (χ0v) is 21.4. The van der Waals surface area contributed by atoms with Gasteiger partial charge in [0.05, 0.1) is 20.3 Å². The molecule has 7 nitrogen and oxygen atoms in total. The molecule has 0 aliphatic carbocycles. The van der Waals surface area contributed by atoms with Crippen LogP contribution in [0.15, 0.2) is 77.3 Å². The molecule has 1 amide bonds. The molecular formula is C29H30N2O5S. The number of aliphatic hydroxyl groups is 1. The van der Waals surface area contributed by atoms with Crippen molar-refractivity contribution in [1.82, 2.24) is 10.3 Å². The van der Waals surface area contributed by atoms with Gasteiger partial charge in [-0.3, -0.25) is 4.79 Å². The first kappa shape index (κ1) is 25.1. The number of aliphatic hydroxyl groups excluding tert-OH is 1. The number of allylic oxidation sites excluding steroid dienone is 1. The van der Waals surface area contributed by atoms with Gasteiger partial charge in [-0.05, 0) is 69.8 Å². The Bertz CT molecular complexity index is 1360. The van der Waals surface area contributed by atoms with Crippen LogP contribution in [0, 0.1) is 0 Å². The highest BCUT2D eigenvalue weighted by atomic mass is 32.1. The number of methoxy groups -OCH3 is 1. The number of hydrogen-bond acceptors (Lipinski definition) is 6. The standard InChI is InChI=1S/C29H30N2O5S/c1-34-24-6-7-26-25(14-24)21(15-31-26)8-10-30-29(33)27-12-23(22-9-11-37-18-22)13-28(36-27)35-17-20-4-2-19(16-32)3-5-20/h2-7,9,11-12,14-15,18,23,28,31-32H,8,10,13,16-17H2,1H3,(H,30,33). The highest BCUT2D eigenvalue weighted by molar-refractivity contribution is 7.08. The maximum Gasteiger partial charge on any atom is 0.286 e. The van der Waals surface area contributed by atoms with E-state index in [1.807, 2.05) is 60.1 Å². The van der Waals surface area contributed by atoms with Gasteiger partial charge in [0.15, 0.2) is 5.76 Å². The Labute approximate surface area is 219 Å². The molecule has 2 aromatic heterocycles. The Morgan fingerprint density at radius 3 is 2.78 bits per heavy atom. The van der Waals surface area contributed by atoms with Crippen molar-refractivity contribution in [1.29, 1.82) is 0 Å². The summed E-state index contributed by atoms with van der Waals surface area (Å²) >= 11 is 1.63. The van der Waals surface area contributed by atoms with Crippen molar-refractivity contribution >= 4 is 28.1 Å². The number of H-pyrrole nitrogens is 1. The first-order chi connectivity index (χ1) is 18.1. The van der Waals surface area contributed by atoms with Crippen LogP contribution in [0.3, 0.4) is 0 Å². The molecule has 192 valence electrons. The fourth-order valence-electron chi connectivity index (χ4n) is 4.46. The van der Waals surface area contributed by atoms with E-state index in [0.717, 1.165) is 38.9 Å². The van der Waals surface area contributed by atoms with Gasteiger partial charge in [-0.25, -0.2) is 0 Å². The smallest absolute Gasteiger partial charge is 0.286 e. The summed E-state index contributed by atoms with van der Waals surface area (Å²) in [6, 6.07) is 15.6. The van der Waals surface area contributed by atoms with Crippen LogP contribution < -0.4 is 10.1 Å². The summed E-state index contributed by atoms with van der Waals surface area (Å²) < 4.78 is 17.4. The lowest BCUT2D eigenvalue weighted by Crippen LogP contribution is -2.33. The van der Waals surface area contributed by atoms with Crippen LogP contribution in [0.1, 0.15) is 34.6 Å². The first-order valence-electron chi connectivity index (χ1n) is 12.3. The lowest BCUT2D eigenvalue weighted by atomic mass is 9.95. The molecule has 3 heterocycles. The topological polar surface area (TPSA) is 92.8 Å². The molecule has 4 aromatic rings. The normalized spacial score (nSPS) is 17.3. The van der Waals surface area contributed by atoms with Gasteiger partial charge < -0.3 is 29.6 Å². The average molecular weight is 519 g/mol. The van der Waals surface area contributed by atoms with Gasteiger partial charge in [0.25, 0.3) is 5.91 Å². The number of aromatic nitrogens is 1. The maximum atomic E-state index is 13.1. The number of fused-ring (bicyclic) bond motifs is 1. The van der Waals surface area contributed by atoms with Crippen LogP contribution in [-0.4, -0.2) is 35.9 Å². The number of rotatable bonds is 10. The molecule has 5 rings (SSSR count). The Kier molecular flexibility index (Phi) is 7.89. The predicted molar refractivity (Wildman–Crippen MR) is 143 cm³/mol. The van der Waals surface area contributed by atoms with Gasteiger partial charge in [0.1, 0.15) is 5.75 Å². The van der Waals surface area contributed by atoms with E-state index in [1.54, 1.807) is 18.4 Å². The summed E-state index contributed by atoms with van der Waals surface area (Å²) in [5, 5.41) is 17.5. The molecule has 1 aliphatic heterocycles. The van der Waals surface area contributed by atoms with Crippen LogP contribution >= 0.6 is 11.3 Å². The summed E-state index contributed by atoms with van der Waals surface area (Å²) in [5.41, 5.74) is 5.11. The summed E-state index contributed by atoms with van der Waals surface area (Å²) in [7, 11) is 1.65. The van der Waals surface area contributed by atoms with Crippen molar-refractivity contribution in [3.63, 3.8) is 0 Å². The van der Waals surface area contributed by atoms with Crippen LogP contribution in [0.4, 0.5) is 0 Å². The Balaban J connectivity index is 1.23. The Hall–Kier alpha value is -3.59. The third-order valence-corrected chi connectivity index (χ3v) is 7.25. The van der Waals surface area contributed by atoms with Gasteiger partial charge in [-0.2, -0.15) is 11.3 Å². The molecule has 3 N–H and O–H groups in total. The molecule has 2 unspecified atom stereocenters. The Morgan fingerprint density at radius 1 is 1.19 bits per heavy atom. The van der Waals surface area contributed by atoms with E-state index in [0.29, 0.717) is 26.0 Å². The number of thiophene rings is 1. The molecule has 1 aliphatic rings. The number of ether oxygens (including phenoxy) is 3. The summed E-state index contributed by atoms with van der Waals surface area (Å²) in [6.07, 6.45) is 4.61. The minimum absolute atomic E-state index is 0.00691. The van der Waals surface area contributed by atoms with Crippen molar-refractivity contribution in [3.05, 3.63) is 99.6 Å². The number of aromatic amines is 1. The van der Waals surface area contributed by atoms with Crippen molar-refractivity contribution in [2.75, 3.05) is 13.7 Å². The predicted octanol–water partition coefficient (Wildman–Crippen LogP) is 5.02. The summed E-state index contributed by atoms with van der Waals surface area (Å²) in [5.74, 6) is 0.860. The number of amides is 1. The first-order valence-corrected chi connectivity index (χ1v) is 13.2. The molecule has 0 bridgehead atoms. The number of carbonyl (C=O) groups excluding carboxylic acids is 1. The quantitative estimate of drug-likeness (QED) is 0.274. The second-order valence-electron chi connectivity index (χ2n) is 8.99. The van der Waals surface area contributed by atoms with Gasteiger partial charge in [0.2, 0.25) is 6.29 Å². The lowest BCUT2D eigenvalue weighted by Gasteiger charge is -2.29. The third-order valence-electron chi connectivity index (χ3n) is 6.55. The fourth-order valence-corrected chi connectivity index (χ4v) is 5.18. The molecule has 37 heavy (non-hydrogen) atoms. The van der Waals surface area contributed by atoms with E-state index < -0.39 is 6.29 Å². The minimum atomic E-state index is -0.547. The number of carbonyl (C=O) groups is 1. The van der Waals surface area contributed by atoms with Crippen molar-refractivity contribution in [2.45, 2.75) is 38.3 Å². The largest absolute Gasteiger partial charge is 0.497 e. The highest BCUT2D eigenvalue weighted by Gasteiger charge is 2.29. The van der Waals surface area contributed by atoms with E-state index in [-0.39, 0.29) is 24.2 Å². The van der Waals surface area contributed by atoms with Crippen molar-refractivity contribution in [2.24, 2.45) is 0 Å². The molecule has 8 heteroatoms. The second kappa shape index (κ2) is 11.6. The molecule has 0 saturated heterocycles. The number of nitrogens with one attached hydrogen (secondary N) is 2.